The van der Waals surface area contributed by atoms with Crippen LogP contribution in [-0.2, 0) is 0 Å². The second-order valence-electron chi connectivity index (χ2n) is 5.01. The molecule has 0 fully saturated rings. The van der Waals surface area contributed by atoms with E-state index in [1.54, 1.807) is 0 Å². The molecule has 0 atom stereocenters. The van der Waals surface area contributed by atoms with E-state index in [1.807, 2.05) is 36.4 Å². The number of hydrogen-bond donors (Lipinski definition) is 1. The molecule has 2 aromatic rings. The summed E-state index contributed by atoms with van der Waals surface area (Å²) in [5.41, 5.74) is 2.31. The summed E-state index contributed by atoms with van der Waals surface area (Å²) in [6, 6.07) is 15.9. The van der Waals surface area contributed by atoms with Crippen LogP contribution in [0.3, 0.4) is 0 Å². The van der Waals surface area contributed by atoms with E-state index in [1.165, 1.54) is 5.56 Å². The van der Waals surface area contributed by atoms with E-state index in [4.69, 9.17) is 16.3 Å². The molecule has 1 N–H and O–H groups in total. The summed E-state index contributed by atoms with van der Waals surface area (Å²) in [4.78, 5) is 0. The first-order chi connectivity index (χ1) is 9.65. The Labute approximate surface area is 125 Å². The predicted octanol–water partition coefficient (Wildman–Crippen LogP) is 4.95. The van der Waals surface area contributed by atoms with Gasteiger partial charge in [0.25, 0.3) is 0 Å². The summed E-state index contributed by atoms with van der Waals surface area (Å²) in [7, 11) is 0. The topological polar surface area (TPSA) is 21.3 Å². The van der Waals surface area contributed by atoms with Crippen molar-refractivity contribution in [3.63, 3.8) is 0 Å². The molecule has 0 radical (unpaired) electrons. The van der Waals surface area contributed by atoms with Gasteiger partial charge in [-0.05, 0) is 41.8 Å². The first-order valence-corrected chi connectivity index (χ1v) is 7.25. The first-order valence-electron chi connectivity index (χ1n) is 6.87. The predicted molar refractivity (Wildman–Crippen MR) is 86.0 cm³/mol. The third-order valence-electron chi connectivity index (χ3n) is 3.05. The molecule has 3 heteroatoms. The van der Waals surface area contributed by atoms with E-state index < -0.39 is 0 Å². The maximum absolute atomic E-state index is 5.93. The van der Waals surface area contributed by atoms with Crippen molar-refractivity contribution in [3.05, 3.63) is 59.1 Å². The molecule has 0 bridgehead atoms. The molecule has 0 saturated heterocycles. The number of hydrogen-bond acceptors (Lipinski definition) is 2. The van der Waals surface area contributed by atoms with Gasteiger partial charge in [0, 0.05) is 17.3 Å². The van der Waals surface area contributed by atoms with E-state index in [9.17, 15) is 0 Å². The smallest absolute Gasteiger partial charge is 0.119 e. The number of rotatable bonds is 6. The molecule has 0 aromatic heterocycles. The SMILES string of the molecule is CC(C)c1cccc(OCCNc2cccc(Cl)c2)c1. The van der Waals surface area contributed by atoms with Gasteiger partial charge in [0.1, 0.15) is 12.4 Å². The first kappa shape index (κ1) is 14.7. The molecular weight excluding hydrogens is 270 g/mol. The molecule has 0 aliphatic carbocycles. The fourth-order valence-corrected chi connectivity index (χ4v) is 2.12. The highest BCUT2D eigenvalue weighted by molar-refractivity contribution is 6.30. The number of benzene rings is 2. The Kier molecular flexibility index (Phi) is 5.31. The zero-order chi connectivity index (χ0) is 14.4. The Hall–Kier alpha value is -1.67. The Morgan fingerprint density at radius 2 is 1.90 bits per heavy atom. The molecule has 2 rings (SSSR count). The Morgan fingerprint density at radius 3 is 2.65 bits per heavy atom. The third-order valence-corrected chi connectivity index (χ3v) is 3.28. The Bertz CT molecular complexity index is 554. The average Bonchev–Trinajstić information content (AvgIpc) is 2.44. The van der Waals surface area contributed by atoms with E-state index in [-0.39, 0.29) is 0 Å². The van der Waals surface area contributed by atoms with Crippen molar-refractivity contribution >= 4 is 17.3 Å². The lowest BCUT2D eigenvalue weighted by molar-refractivity contribution is 0.332. The van der Waals surface area contributed by atoms with Crippen LogP contribution < -0.4 is 10.1 Å². The van der Waals surface area contributed by atoms with E-state index in [0.29, 0.717) is 12.5 Å². The van der Waals surface area contributed by atoms with Crippen LogP contribution in [0.5, 0.6) is 5.75 Å². The van der Waals surface area contributed by atoms with Gasteiger partial charge in [-0.25, -0.2) is 0 Å². The molecule has 20 heavy (non-hydrogen) atoms. The highest BCUT2D eigenvalue weighted by atomic mass is 35.5. The monoisotopic (exact) mass is 289 g/mol. The molecule has 0 aliphatic rings. The fourth-order valence-electron chi connectivity index (χ4n) is 1.93. The molecule has 0 amide bonds. The largest absolute Gasteiger partial charge is 0.492 e. The molecule has 2 aromatic carbocycles. The average molecular weight is 290 g/mol. The van der Waals surface area contributed by atoms with Crippen molar-refractivity contribution < 1.29 is 4.74 Å². The van der Waals surface area contributed by atoms with Gasteiger partial charge in [-0.2, -0.15) is 0 Å². The van der Waals surface area contributed by atoms with E-state index in [0.717, 1.165) is 23.0 Å². The van der Waals surface area contributed by atoms with Gasteiger partial charge in [-0.1, -0.05) is 43.6 Å². The molecule has 0 aliphatic heterocycles. The third kappa shape index (κ3) is 4.46. The lowest BCUT2D eigenvalue weighted by atomic mass is 10.0. The molecule has 0 unspecified atom stereocenters. The standard InChI is InChI=1S/C17H20ClNO/c1-13(2)14-5-3-8-17(11-14)20-10-9-19-16-7-4-6-15(18)12-16/h3-8,11-13,19H,9-10H2,1-2H3. The summed E-state index contributed by atoms with van der Waals surface area (Å²) < 4.78 is 5.75. The van der Waals surface area contributed by atoms with Crippen LogP contribution in [0.25, 0.3) is 0 Å². The molecule has 2 nitrogen and oxygen atoms in total. The highest BCUT2D eigenvalue weighted by Crippen LogP contribution is 2.20. The number of halogens is 1. The summed E-state index contributed by atoms with van der Waals surface area (Å²) in [6.07, 6.45) is 0. The normalized spacial score (nSPS) is 10.6. The highest BCUT2D eigenvalue weighted by Gasteiger charge is 2.01. The van der Waals surface area contributed by atoms with Crippen molar-refractivity contribution in [1.29, 1.82) is 0 Å². The molecule has 106 valence electrons. The van der Waals surface area contributed by atoms with E-state index >= 15 is 0 Å². The van der Waals surface area contributed by atoms with Crippen molar-refractivity contribution in [2.75, 3.05) is 18.5 Å². The van der Waals surface area contributed by atoms with Crippen LogP contribution in [0.4, 0.5) is 5.69 Å². The van der Waals surface area contributed by atoms with Crippen molar-refractivity contribution in [3.8, 4) is 5.75 Å². The molecular formula is C17H20ClNO. The second kappa shape index (κ2) is 7.20. The molecule has 0 spiro atoms. The lowest BCUT2D eigenvalue weighted by Gasteiger charge is -2.11. The van der Waals surface area contributed by atoms with Crippen LogP contribution >= 0.6 is 11.6 Å². The summed E-state index contributed by atoms with van der Waals surface area (Å²) >= 11 is 5.93. The van der Waals surface area contributed by atoms with Gasteiger partial charge in [0.05, 0.1) is 0 Å². The number of ether oxygens (including phenoxy) is 1. The van der Waals surface area contributed by atoms with Crippen molar-refractivity contribution in [2.45, 2.75) is 19.8 Å². The fraction of sp³-hybridized carbons (Fsp3) is 0.294. The zero-order valence-corrected chi connectivity index (χ0v) is 12.7. The minimum atomic E-state index is 0.517. The van der Waals surface area contributed by atoms with Crippen LogP contribution in [0.1, 0.15) is 25.3 Å². The van der Waals surface area contributed by atoms with E-state index in [2.05, 4.69) is 31.3 Å². The minimum Gasteiger partial charge on any atom is -0.492 e. The van der Waals surface area contributed by atoms with Gasteiger partial charge in [-0.3, -0.25) is 0 Å². The molecule has 0 saturated carbocycles. The van der Waals surface area contributed by atoms with Crippen LogP contribution in [0, 0.1) is 0 Å². The molecule has 0 heterocycles. The minimum absolute atomic E-state index is 0.517. The Morgan fingerprint density at radius 1 is 1.10 bits per heavy atom. The van der Waals surface area contributed by atoms with Crippen molar-refractivity contribution in [1.82, 2.24) is 0 Å². The van der Waals surface area contributed by atoms with Crippen LogP contribution in [0.2, 0.25) is 5.02 Å². The maximum Gasteiger partial charge on any atom is 0.119 e. The van der Waals surface area contributed by atoms with Crippen LogP contribution in [0.15, 0.2) is 48.5 Å². The maximum atomic E-state index is 5.93. The van der Waals surface area contributed by atoms with Crippen molar-refractivity contribution in [2.24, 2.45) is 0 Å². The quantitative estimate of drug-likeness (QED) is 0.759. The van der Waals surface area contributed by atoms with Gasteiger partial charge >= 0.3 is 0 Å². The Balaban J connectivity index is 1.80. The van der Waals surface area contributed by atoms with Gasteiger partial charge in [0.15, 0.2) is 0 Å². The zero-order valence-electron chi connectivity index (χ0n) is 11.9. The summed E-state index contributed by atoms with van der Waals surface area (Å²) in [5.74, 6) is 1.44. The second-order valence-corrected chi connectivity index (χ2v) is 5.45. The van der Waals surface area contributed by atoms with Crippen LogP contribution in [-0.4, -0.2) is 13.2 Å². The van der Waals surface area contributed by atoms with Gasteiger partial charge in [0.2, 0.25) is 0 Å². The number of anilines is 1. The van der Waals surface area contributed by atoms with Gasteiger partial charge < -0.3 is 10.1 Å². The lowest BCUT2D eigenvalue weighted by Crippen LogP contribution is -2.11. The van der Waals surface area contributed by atoms with Gasteiger partial charge in [-0.15, -0.1) is 0 Å². The summed E-state index contributed by atoms with van der Waals surface area (Å²) in [6.45, 7) is 5.72. The number of nitrogens with one attached hydrogen (secondary N) is 1. The summed E-state index contributed by atoms with van der Waals surface area (Å²) in [5, 5.41) is 4.02.